The molecule has 0 aliphatic heterocycles. The van der Waals surface area contributed by atoms with Crippen LogP contribution in [0.3, 0.4) is 0 Å². The van der Waals surface area contributed by atoms with Gasteiger partial charge in [-0.05, 0) is 25.8 Å². The molecule has 1 aromatic carbocycles. The predicted octanol–water partition coefficient (Wildman–Crippen LogP) is 3.18. The summed E-state index contributed by atoms with van der Waals surface area (Å²) in [5.41, 5.74) is 1.26. The summed E-state index contributed by atoms with van der Waals surface area (Å²) < 4.78 is 10.5. The van der Waals surface area contributed by atoms with Crippen LogP contribution in [-0.2, 0) is 25.7 Å². The zero-order chi connectivity index (χ0) is 15.9. The molecule has 4 nitrogen and oxygen atoms in total. The lowest BCUT2D eigenvalue weighted by molar-refractivity contribution is -0.154. The molecule has 0 fully saturated rings. The lowest BCUT2D eigenvalue weighted by Gasteiger charge is -2.20. The summed E-state index contributed by atoms with van der Waals surface area (Å²) in [6.07, 6.45) is 5.49. The summed E-state index contributed by atoms with van der Waals surface area (Å²) >= 11 is 0. The fraction of sp³-hybridized carbons (Fsp3) is 0.333. The molecule has 0 aromatic heterocycles. The maximum Gasteiger partial charge on any atom is 0.335 e. The van der Waals surface area contributed by atoms with Gasteiger partial charge in [0, 0.05) is 0 Å². The van der Waals surface area contributed by atoms with Crippen LogP contribution in [0.2, 0.25) is 0 Å². The van der Waals surface area contributed by atoms with Gasteiger partial charge in [-0.2, -0.15) is 0 Å². The second kappa shape index (κ2) is 7.59. The molecule has 0 bridgehead atoms. The Hall–Kier alpha value is -2.36. The zero-order valence-corrected chi connectivity index (χ0v) is 12.8. The van der Waals surface area contributed by atoms with E-state index in [1.54, 1.807) is 26.0 Å². The van der Waals surface area contributed by atoms with Crippen LogP contribution in [0.1, 0.15) is 25.8 Å². The van der Waals surface area contributed by atoms with Crippen LogP contribution < -0.4 is 0 Å². The maximum absolute atomic E-state index is 12.2. The van der Waals surface area contributed by atoms with E-state index < -0.39 is 11.9 Å². The molecule has 1 atom stereocenters. The number of rotatable bonds is 5. The van der Waals surface area contributed by atoms with Gasteiger partial charge in [0.05, 0.1) is 17.6 Å². The van der Waals surface area contributed by atoms with Gasteiger partial charge < -0.3 is 9.47 Å². The van der Waals surface area contributed by atoms with Crippen LogP contribution in [0.15, 0.2) is 54.1 Å². The van der Waals surface area contributed by atoms with E-state index in [0.717, 1.165) is 5.56 Å². The van der Waals surface area contributed by atoms with E-state index in [-0.39, 0.29) is 18.7 Å². The van der Waals surface area contributed by atoms with Crippen molar-refractivity contribution in [1.82, 2.24) is 0 Å². The first-order valence-corrected chi connectivity index (χ1v) is 7.36. The molecule has 1 unspecified atom stereocenters. The third-order valence-electron chi connectivity index (χ3n) is 3.24. The third kappa shape index (κ3) is 4.32. The average molecular weight is 300 g/mol. The van der Waals surface area contributed by atoms with Crippen molar-refractivity contribution in [1.29, 1.82) is 0 Å². The Labute approximate surface area is 130 Å². The van der Waals surface area contributed by atoms with Gasteiger partial charge in [-0.15, -0.1) is 0 Å². The molecule has 22 heavy (non-hydrogen) atoms. The zero-order valence-electron chi connectivity index (χ0n) is 12.8. The van der Waals surface area contributed by atoms with Crippen LogP contribution in [-0.4, -0.2) is 18.0 Å². The lowest BCUT2D eigenvalue weighted by atomic mass is 9.91. The highest BCUT2D eigenvalue weighted by Gasteiger charge is 2.30. The van der Waals surface area contributed by atoms with Gasteiger partial charge in [0.1, 0.15) is 6.61 Å². The van der Waals surface area contributed by atoms with E-state index in [2.05, 4.69) is 0 Å². The molecular formula is C18H20O4. The smallest absolute Gasteiger partial charge is 0.335 e. The number of benzene rings is 1. The van der Waals surface area contributed by atoms with Crippen molar-refractivity contribution in [3.63, 3.8) is 0 Å². The predicted molar refractivity (Wildman–Crippen MR) is 82.8 cm³/mol. The summed E-state index contributed by atoms with van der Waals surface area (Å²) in [5.74, 6) is -1.45. The lowest BCUT2D eigenvalue weighted by Crippen LogP contribution is -2.27. The van der Waals surface area contributed by atoms with Crippen LogP contribution in [0, 0.1) is 5.92 Å². The number of ether oxygens (including phenoxy) is 2. The van der Waals surface area contributed by atoms with Crippen molar-refractivity contribution in [3.8, 4) is 0 Å². The van der Waals surface area contributed by atoms with Gasteiger partial charge in [0.15, 0.2) is 0 Å². The molecule has 0 N–H and O–H groups in total. The van der Waals surface area contributed by atoms with Gasteiger partial charge >= 0.3 is 11.9 Å². The minimum atomic E-state index is -0.587. The Kier molecular flexibility index (Phi) is 5.53. The van der Waals surface area contributed by atoms with Crippen molar-refractivity contribution < 1.29 is 19.1 Å². The largest absolute Gasteiger partial charge is 0.462 e. The van der Waals surface area contributed by atoms with Crippen LogP contribution in [0.5, 0.6) is 0 Å². The highest BCUT2D eigenvalue weighted by Crippen LogP contribution is 2.24. The molecule has 1 aliphatic rings. The molecule has 0 radical (unpaired) electrons. The monoisotopic (exact) mass is 300 g/mol. The van der Waals surface area contributed by atoms with Gasteiger partial charge in [-0.25, -0.2) is 4.79 Å². The quantitative estimate of drug-likeness (QED) is 0.784. The molecule has 1 aromatic rings. The highest BCUT2D eigenvalue weighted by molar-refractivity contribution is 5.96. The minimum Gasteiger partial charge on any atom is -0.462 e. The van der Waals surface area contributed by atoms with E-state index in [1.165, 1.54) is 0 Å². The molecular weight excluding hydrogens is 280 g/mol. The Morgan fingerprint density at radius 3 is 2.64 bits per heavy atom. The first-order valence-electron chi connectivity index (χ1n) is 7.36. The van der Waals surface area contributed by atoms with Crippen molar-refractivity contribution >= 4 is 11.9 Å². The first-order chi connectivity index (χ1) is 10.6. The van der Waals surface area contributed by atoms with E-state index >= 15 is 0 Å². The molecule has 0 heterocycles. The summed E-state index contributed by atoms with van der Waals surface area (Å²) in [6.45, 7) is 3.76. The van der Waals surface area contributed by atoms with Crippen LogP contribution in [0.25, 0.3) is 0 Å². The fourth-order valence-corrected chi connectivity index (χ4v) is 2.18. The fourth-order valence-electron chi connectivity index (χ4n) is 2.18. The molecule has 1 aliphatic carbocycles. The second-order valence-corrected chi connectivity index (χ2v) is 5.39. The van der Waals surface area contributed by atoms with E-state index in [1.807, 2.05) is 36.4 Å². The van der Waals surface area contributed by atoms with Crippen molar-refractivity contribution in [2.75, 3.05) is 0 Å². The molecule has 0 saturated heterocycles. The van der Waals surface area contributed by atoms with E-state index in [9.17, 15) is 9.59 Å². The Morgan fingerprint density at radius 1 is 1.23 bits per heavy atom. The first kappa shape index (κ1) is 16.0. The van der Waals surface area contributed by atoms with Gasteiger partial charge in [0.2, 0.25) is 0 Å². The number of hydrogen-bond acceptors (Lipinski definition) is 4. The van der Waals surface area contributed by atoms with Gasteiger partial charge in [-0.3, -0.25) is 4.79 Å². The molecule has 0 amide bonds. The van der Waals surface area contributed by atoms with Crippen molar-refractivity contribution in [3.05, 3.63) is 59.7 Å². The summed E-state index contributed by atoms with van der Waals surface area (Å²) in [5, 5.41) is 0. The van der Waals surface area contributed by atoms with Gasteiger partial charge in [-0.1, -0.05) is 48.6 Å². The summed E-state index contributed by atoms with van der Waals surface area (Å²) in [6, 6.07) is 9.43. The van der Waals surface area contributed by atoms with Gasteiger partial charge in [0.25, 0.3) is 0 Å². The van der Waals surface area contributed by atoms with Crippen molar-refractivity contribution in [2.24, 2.45) is 5.92 Å². The Bertz CT molecular complexity index is 584. The molecule has 0 saturated carbocycles. The number of hydrogen-bond donors (Lipinski definition) is 0. The number of esters is 2. The van der Waals surface area contributed by atoms with Crippen LogP contribution >= 0.6 is 0 Å². The Balaban J connectivity index is 2.01. The SMILES string of the molecule is CC(C)OC(=O)C1CC=CC=C1C(=O)OCc1ccccc1. The standard InChI is InChI=1S/C18H20O4/c1-13(2)22-18(20)16-11-7-6-10-15(16)17(19)21-12-14-8-4-3-5-9-14/h3-10,13,16H,11-12H2,1-2H3. The molecule has 116 valence electrons. The topological polar surface area (TPSA) is 52.6 Å². The van der Waals surface area contributed by atoms with E-state index in [0.29, 0.717) is 12.0 Å². The normalized spacial score (nSPS) is 17.0. The highest BCUT2D eigenvalue weighted by atomic mass is 16.5. The average Bonchev–Trinajstić information content (AvgIpc) is 2.53. The summed E-state index contributed by atoms with van der Waals surface area (Å²) in [7, 11) is 0. The number of carbonyl (C=O) groups excluding carboxylic acids is 2. The Morgan fingerprint density at radius 2 is 1.95 bits per heavy atom. The number of allylic oxidation sites excluding steroid dienone is 3. The number of carbonyl (C=O) groups is 2. The molecule has 4 heteroatoms. The summed E-state index contributed by atoms with van der Waals surface area (Å²) in [4.78, 5) is 24.3. The van der Waals surface area contributed by atoms with Crippen molar-refractivity contribution in [2.45, 2.75) is 33.0 Å². The maximum atomic E-state index is 12.2. The molecule has 0 spiro atoms. The van der Waals surface area contributed by atoms with E-state index in [4.69, 9.17) is 9.47 Å². The third-order valence-corrected chi connectivity index (χ3v) is 3.24. The van der Waals surface area contributed by atoms with Crippen LogP contribution in [0.4, 0.5) is 0 Å². The molecule has 2 rings (SSSR count). The minimum absolute atomic E-state index is 0.187. The second-order valence-electron chi connectivity index (χ2n) is 5.39.